The van der Waals surface area contributed by atoms with E-state index in [1.807, 2.05) is 5.92 Å². The number of hydrogen-bond acceptors (Lipinski definition) is 0. The lowest BCUT2D eigenvalue weighted by Gasteiger charge is -2.18. The summed E-state index contributed by atoms with van der Waals surface area (Å²) in [4.78, 5) is 0. The summed E-state index contributed by atoms with van der Waals surface area (Å²) in [5.74, 6) is 3.00. The highest BCUT2D eigenvalue weighted by Gasteiger charge is 2.21. The molecule has 1 unspecified atom stereocenters. The first-order valence-electron chi connectivity index (χ1n) is 5.29. The molecule has 0 aromatic rings. The molecule has 0 aliphatic heterocycles. The van der Waals surface area contributed by atoms with E-state index in [0.29, 0.717) is 0 Å². The highest BCUT2D eigenvalue weighted by Crippen LogP contribution is 2.36. The maximum absolute atomic E-state index is 1.90. The van der Waals surface area contributed by atoms with Crippen molar-refractivity contribution in [3.63, 3.8) is 0 Å². The summed E-state index contributed by atoms with van der Waals surface area (Å²) >= 11 is 0. The molecule has 1 radical (unpaired) electrons. The van der Waals surface area contributed by atoms with E-state index < -0.39 is 0 Å². The molecule has 2 bridgehead atoms. The van der Waals surface area contributed by atoms with Gasteiger partial charge in [-0.1, -0.05) is 32.1 Å². The highest BCUT2D eigenvalue weighted by atomic mass is 14.3. The maximum atomic E-state index is 1.90. The minimum absolute atomic E-state index is 1.10. The van der Waals surface area contributed by atoms with Crippen LogP contribution in [-0.2, 0) is 0 Å². The van der Waals surface area contributed by atoms with Crippen LogP contribution >= 0.6 is 0 Å². The first-order valence-corrected chi connectivity index (χ1v) is 5.29. The third kappa shape index (κ3) is 1.98. The van der Waals surface area contributed by atoms with Crippen LogP contribution in [0.2, 0.25) is 0 Å². The average molecular weight is 151 g/mol. The molecule has 2 fully saturated rings. The molecule has 2 rings (SSSR count). The van der Waals surface area contributed by atoms with E-state index in [-0.39, 0.29) is 0 Å². The van der Waals surface area contributed by atoms with E-state index in [1.165, 1.54) is 57.8 Å². The fraction of sp³-hybridized carbons (Fsp3) is 0.909. The Morgan fingerprint density at radius 1 is 0.727 bits per heavy atom. The largest absolute Gasteiger partial charge is 0.0530 e. The van der Waals surface area contributed by atoms with Crippen LogP contribution in [0.25, 0.3) is 0 Å². The van der Waals surface area contributed by atoms with Crippen LogP contribution in [0.1, 0.15) is 57.8 Å². The normalized spacial score (nSPS) is 34.4. The molecule has 0 aromatic heterocycles. The summed E-state index contributed by atoms with van der Waals surface area (Å²) in [6.45, 7) is 0. The van der Waals surface area contributed by atoms with Crippen molar-refractivity contribution in [1.29, 1.82) is 0 Å². The van der Waals surface area contributed by atoms with Gasteiger partial charge in [0.2, 0.25) is 0 Å². The Labute approximate surface area is 70.4 Å². The van der Waals surface area contributed by atoms with Gasteiger partial charge in [-0.05, 0) is 37.5 Å². The summed E-state index contributed by atoms with van der Waals surface area (Å²) in [7, 11) is 0. The molecule has 0 spiro atoms. The summed E-state index contributed by atoms with van der Waals surface area (Å²) in [6, 6.07) is 0. The Morgan fingerprint density at radius 2 is 1.55 bits per heavy atom. The standard InChI is InChI=1S/C11H19/c1-2-5-11-7-3-6-10(4-1)8-9-11/h10H,1-9H2. The van der Waals surface area contributed by atoms with E-state index in [0.717, 1.165) is 5.92 Å². The lowest BCUT2D eigenvalue weighted by atomic mass is 9.87. The molecule has 0 heterocycles. The molecule has 0 amide bonds. The molecule has 0 N–H and O–H groups in total. The van der Waals surface area contributed by atoms with Crippen molar-refractivity contribution in [2.45, 2.75) is 57.8 Å². The van der Waals surface area contributed by atoms with Gasteiger partial charge >= 0.3 is 0 Å². The summed E-state index contributed by atoms with van der Waals surface area (Å²) in [5.41, 5.74) is 0. The highest BCUT2D eigenvalue weighted by molar-refractivity contribution is 4.93. The smallest absolute Gasteiger partial charge is 0.0241 e. The van der Waals surface area contributed by atoms with Crippen LogP contribution in [0, 0.1) is 11.8 Å². The third-order valence-electron chi connectivity index (χ3n) is 3.44. The molecule has 2 saturated carbocycles. The van der Waals surface area contributed by atoms with Crippen molar-refractivity contribution >= 4 is 0 Å². The van der Waals surface area contributed by atoms with Crippen molar-refractivity contribution in [2.75, 3.05) is 0 Å². The van der Waals surface area contributed by atoms with E-state index in [2.05, 4.69) is 0 Å². The molecule has 1 atom stereocenters. The van der Waals surface area contributed by atoms with Crippen molar-refractivity contribution in [2.24, 2.45) is 5.92 Å². The fourth-order valence-electron chi connectivity index (χ4n) is 2.67. The molecule has 0 aromatic carbocycles. The monoisotopic (exact) mass is 151 g/mol. The summed E-state index contributed by atoms with van der Waals surface area (Å²) in [5, 5.41) is 0. The van der Waals surface area contributed by atoms with Crippen LogP contribution in [0.4, 0.5) is 0 Å². The Hall–Kier alpha value is 0. The lowest BCUT2D eigenvalue weighted by Crippen LogP contribution is -2.03. The summed E-state index contributed by atoms with van der Waals surface area (Å²) in [6.07, 6.45) is 13.5. The van der Waals surface area contributed by atoms with Crippen LogP contribution in [0.5, 0.6) is 0 Å². The molecular formula is C11H19. The summed E-state index contributed by atoms with van der Waals surface area (Å²) < 4.78 is 0. The topological polar surface area (TPSA) is 0 Å². The van der Waals surface area contributed by atoms with Gasteiger partial charge in [0.05, 0.1) is 0 Å². The van der Waals surface area contributed by atoms with Crippen molar-refractivity contribution < 1.29 is 0 Å². The van der Waals surface area contributed by atoms with Crippen LogP contribution in [-0.4, -0.2) is 0 Å². The van der Waals surface area contributed by atoms with E-state index in [1.54, 1.807) is 0 Å². The minimum atomic E-state index is 1.10. The van der Waals surface area contributed by atoms with Crippen LogP contribution < -0.4 is 0 Å². The molecular weight excluding hydrogens is 132 g/mol. The van der Waals surface area contributed by atoms with Crippen molar-refractivity contribution in [3.8, 4) is 0 Å². The van der Waals surface area contributed by atoms with E-state index in [4.69, 9.17) is 0 Å². The number of fused-ring (bicyclic) bond motifs is 3. The zero-order valence-corrected chi connectivity index (χ0v) is 7.44. The third-order valence-corrected chi connectivity index (χ3v) is 3.44. The second-order valence-electron chi connectivity index (χ2n) is 4.29. The zero-order valence-electron chi connectivity index (χ0n) is 7.44. The van der Waals surface area contributed by atoms with Gasteiger partial charge in [-0.25, -0.2) is 0 Å². The Morgan fingerprint density at radius 3 is 2.55 bits per heavy atom. The maximum Gasteiger partial charge on any atom is -0.0241 e. The molecule has 63 valence electrons. The van der Waals surface area contributed by atoms with Crippen LogP contribution in [0.3, 0.4) is 0 Å². The minimum Gasteiger partial charge on any atom is -0.0530 e. The molecule has 2 aliphatic carbocycles. The van der Waals surface area contributed by atoms with Crippen LogP contribution in [0.15, 0.2) is 0 Å². The fourth-order valence-corrected chi connectivity index (χ4v) is 2.67. The molecule has 0 nitrogen and oxygen atoms in total. The number of hydrogen-bond donors (Lipinski definition) is 0. The van der Waals surface area contributed by atoms with Gasteiger partial charge in [0, 0.05) is 0 Å². The zero-order chi connectivity index (χ0) is 7.52. The molecule has 2 aliphatic rings. The Balaban J connectivity index is 1.97. The van der Waals surface area contributed by atoms with E-state index >= 15 is 0 Å². The predicted octanol–water partition coefficient (Wildman–Crippen LogP) is 3.72. The number of rotatable bonds is 0. The van der Waals surface area contributed by atoms with E-state index in [9.17, 15) is 0 Å². The molecule has 0 heteroatoms. The van der Waals surface area contributed by atoms with Crippen molar-refractivity contribution in [1.82, 2.24) is 0 Å². The van der Waals surface area contributed by atoms with Gasteiger partial charge in [-0.3, -0.25) is 0 Å². The van der Waals surface area contributed by atoms with Gasteiger partial charge in [-0.15, -0.1) is 0 Å². The van der Waals surface area contributed by atoms with Gasteiger partial charge < -0.3 is 0 Å². The second-order valence-corrected chi connectivity index (χ2v) is 4.29. The van der Waals surface area contributed by atoms with Gasteiger partial charge in [0.25, 0.3) is 0 Å². The lowest BCUT2D eigenvalue weighted by molar-refractivity contribution is 0.397. The van der Waals surface area contributed by atoms with Crippen molar-refractivity contribution in [3.05, 3.63) is 5.92 Å². The Bertz CT molecular complexity index is 99.2. The second kappa shape index (κ2) is 3.60. The Kier molecular flexibility index (Phi) is 2.50. The first-order chi connectivity index (χ1) is 5.45. The molecule has 11 heavy (non-hydrogen) atoms. The van der Waals surface area contributed by atoms with Gasteiger partial charge in [0.15, 0.2) is 0 Å². The quantitative estimate of drug-likeness (QED) is 0.495. The average Bonchev–Trinajstić information content (AvgIpc) is 2.11. The van der Waals surface area contributed by atoms with Gasteiger partial charge in [-0.2, -0.15) is 0 Å². The molecule has 0 saturated heterocycles. The SMILES string of the molecule is C1CCC2CCC[C](C1)CC2. The predicted molar refractivity (Wildman–Crippen MR) is 48.3 cm³/mol. The first kappa shape index (κ1) is 7.64. The van der Waals surface area contributed by atoms with Gasteiger partial charge in [0.1, 0.15) is 0 Å².